The zero-order valence-corrected chi connectivity index (χ0v) is 11.0. The largest absolute Gasteiger partial charge is 0.480 e. The van der Waals surface area contributed by atoms with Crippen molar-refractivity contribution < 1.29 is 14.7 Å². The van der Waals surface area contributed by atoms with Gasteiger partial charge in [-0.15, -0.1) is 0 Å². The number of aliphatic carboxylic acids is 1. The number of rotatable bonds is 4. The van der Waals surface area contributed by atoms with Gasteiger partial charge in [-0.1, -0.05) is 23.8 Å². The molecule has 0 fully saturated rings. The van der Waals surface area contributed by atoms with Crippen LogP contribution in [0.1, 0.15) is 16.1 Å². The molecule has 0 aliphatic rings. The fraction of sp³-hybridized carbons (Fsp3) is 0.133. The van der Waals surface area contributed by atoms with E-state index in [0.29, 0.717) is 5.69 Å². The van der Waals surface area contributed by atoms with Crippen LogP contribution in [0.15, 0.2) is 48.7 Å². The van der Waals surface area contributed by atoms with E-state index in [1.54, 1.807) is 30.3 Å². The fourth-order valence-corrected chi connectivity index (χ4v) is 1.77. The molecule has 1 amide bonds. The number of carbonyl (C=O) groups excluding carboxylic acids is 1. The molecule has 0 saturated carbocycles. The molecule has 1 N–H and O–H groups in total. The summed E-state index contributed by atoms with van der Waals surface area (Å²) in [6.45, 7) is 1.52. The molecule has 1 heterocycles. The van der Waals surface area contributed by atoms with Crippen LogP contribution in [-0.2, 0) is 4.79 Å². The van der Waals surface area contributed by atoms with E-state index in [9.17, 15) is 9.59 Å². The van der Waals surface area contributed by atoms with Crippen LogP contribution in [-0.4, -0.2) is 28.5 Å². The van der Waals surface area contributed by atoms with Gasteiger partial charge < -0.3 is 5.11 Å². The molecule has 0 spiro atoms. The van der Waals surface area contributed by atoms with Crippen molar-refractivity contribution in [1.29, 1.82) is 0 Å². The van der Waals surface area contributed by atoms with Gasteiger partial charge in [-0.3, -0.25) is 19.5 Å². The third kappa shape index (κ3) is 3.20. The maximum absolute atomic E-state index is 12.4. The highest BCUT2D eigenvalue weighted by atomic mass is 16.4. The second-order valence-corrected chi connectivity index (χ2v) is 4.34. The fourth-order valence-electron chi connectivity index (χ4n) is 1.77. The Morgan fingerprint density at radius 3 is 2.40 bits per heavy atom. The lowest BCUT2D eigenvalue weighted by atomic mass is 10.2. The van der Waals surface area contributed by atoms with Crippen LogP contribution < -0.4 is 4.90 Å². The van der Waals surface area contributed by atoms with Crippen LogP contribution in [0, 0.1) is 6.92 Å². The smallest absolute Gasteiger partial charge is 0.323 e. The lowest BCUT2D eigenvalue weighted by Gasteiger charge is -2.20. The standard InChI is InChI=1S/C15H14N2O3/c1-11-5-7-12(8-6-11)17(10-14(18)19)15(20)13-4-2-3-9-16-13/h2-9H,10H2,1H3,(H,18,19). The third-order valence-electron chi connectivity index (χ3n) is 2.77. The van der Waals surface area contributed by atoms with E-state index < -0.39 is 18.4 Å². The first-order chi connectivity index (χ1) is 9.58. The molecule has 1 aromatic carbocycles. The van der Waals surface area contributed by atoms with Crippen molar-refractivity contribution >= 4 is 17.6 Å². The van der Waals surface area contributed by atoms with Crippen LogP contribution in [0.25, 0.3) is 0 Å². The predicted molar refractivity (Wildman–Crippen MR) is 74.7 cm³/mol. The molecule has 102 valence electrons. The number of aromatic nitrogens is 1. The van der Waals surface area contributed by atoms with Crippen LogP contribution in [0.5, 0.6) is 0 Å². The molecule has 0 saturated heterocycles. The van der Waals surface area contributed by atoms with E-state index in [1.807, 2.05) is 19.1 Å². The molecule has 0 unspecified atom stereocenters. The Morgan fingerprint density at radius 2 is 1.85 bits per heavy atom. The average Bonchev–Trinajstić information content (AvgIpc) is 2.46. The SMILES string of the molecule is Cc1ccc(N(CC(=O)O)C(=O)c2ccccn2)cc1. The number of hydrogen-bond acceptors (Lipinski definition) is 3. The quantitative estimate of drug-likeness (QED) is 0.923. The van der Waals surface area contributed by atoms with Gasteiger partial charge in [-0.05, 0) is 31.2 Å². The van der Waals surface area contributed by atoms with Gasteiger partial charge in [-0.2, -0.15) is 0 Å². The first-order valence-corrected chi connectivity index (χ1v) is 6.09. The molecule has 5 nitrogen and oxygen atoms in total. The van der Waals surface area contributed by atoms with Crippen molar-refractivity contribution in [3.63, 3.8) is 0 Å². The second-order valence-electron chi connectivity index (χ2n) is 4.34. The summed E-state index contributed by atoms with van der Waals surface area (Å²) in [7, 11) is 0. The van der Waals surface area contributed by atoms with Crippen molar-refractivity contribution in [3.05, 3.63) is 59.9 Å². The van der Waals surface area contributed by atoms with E-state index in [0.717, 1.165) is 5.56 Å². The molecular formula is C15H14N2O3. The molecule has 0 radical (unpaired) electrons. The summed E-state index contributed by atoms with van der Waals surface area (Å²) in [5.41, 5.74) is 1.79. The summed E-state index contributed by atoms with van der Waals surface area (Å²) in [6, 6.07) is 12.0. The Kier molecular flexibility index (Phi) is 4.10. The summed E-state index contributed by atoms with van der Waals surface area (Å²) >= 11 is 0. The number of carboxylic acids is 1. The number of hydrogen-bond donors (Lipinski definition) is 1. The summed E-state index contributed by atoms with van der Waals surface area (Å²) < 4.78 is 0. The van der Waals surface area contributed by atoms with Gasteiger partial charge in [0.25, 0.3) is 5.91 Å². The number of pyridine rings is 1. The Morgan fingerprint density at radius 1 is 1.15 bits per heavy atom. The van der Waals surface area contributed by atoms with Crippen LogP contribution in [0.4, 0.5) is 5.69 Å². The topological polar surface area (TPSA) is 70.5 Å². The van der Waals surface area contributed by atoms with E-state index >= 15 is 0 Å². The first-order valence-electron chi connectivity index (χ1n) is 6.09. The summed E-state index contributed by atoms with van der Waals surface area (Å²) in [5, 5.41) is 8.98. The third-order valence-corrected chi connectivity index (χ3v) is 2.77. The number of anilines is 1. The van der Waals surface area contributed by atoms with Crippen molar-refractivity contribution in [2.75, 3.05) is 11.4 Å². The predicted octanol–water partition coefficient (Wildman–Crippen LogP) is 2.12. The number of carboxylic acid groups (broad SMARTS) is 1. The van der Waals surface area contributed by atoms with E-state index in [1.165, 1.54) is 11.1 Å². The number of carbonyl (C=O) groups is 2. The minimum atomic E-state index is -1.07. The van der Waals surface area contributed by atoms with E-state index in [4.69, 9.17) is 5.11 Å². The van der Waals surface area contributed by atoms with Crippen molar-refractivity contribution in [2.24, 2.45) is 0 Å². The molecule has 2 rings (SSSR count). The molecule has 2 aromatic rings. The lowest BCUT2D eigenvalue weighted by molar-refractivity contribution is -0.135. The Bertz CT molecular complexity index is 609. The van der Waals surface area contributed by atoms with Crippen molar-refractivity contribution in [1.82, 2.24) is 4.98 Å². The molecule has 20 heavy (non-hydrogen) atoms. The van der Waals surface area contributed by atoms with Gasteiger partial charge in [0.05, 0.1) is 0 Å². The number of nitrogens with zero attached hydrogens (tertiary/aromatic N) is 2. The van der Waals surface area contributed by atoms with Gasteiger partial charge >= 0.3 is 5.97 Å². The Hall–Kier alpha value is -2.69. The monoisotopic (exact) mass is 270 g/mol. The van der Waals surface area contributed by atoms with E-state index in [2.05, 4.69) is 4.98 Å². The Labute approximate surface area is 116 Å². The first kappa shape index (κ1) is 13.7. The minimum absolute atomic E-state index is 0.217. The number of amides is 1. The number of aryl methyl sites for hydroxylation is 1. The molecule has 0 atom stereocenters. The zero-order valence-electron chi connectivity index (χ0n) is 11.0. The molecule has 1 aromatic heterocycles. The van der Waals surface area contributed by atoms with Gasteiger partial charge in [0.2, 0.25) is 0 Å². The summed E-state index contributed by atoms with van der Waals surface area (Å²) in [4.78, 5) is 28.5. The Balaban J connectivity index is 2.35. The maximum Gasteiger partial charge on any atom is 0.323 e. The van der Waals surface area contributed by atoms with Crippen molar-refractivity contribution in [2.45, 2.75) is 6.92 Å². The average molecular weight is 270 g/mol. The van der Waals surface area contributed by atoms with E-state index in [-0.39, 0.29) is 5.69 Å². The lowest BCUT2D eigenvalue weighted by Crippen LogP contribution is -2.36. The number of benzene rings is 1. The van der Waals surface area contributed by atoms with Crippen LogP contribution in [0.3, 0.4) is 0 Å². The molecular weight excluding hydrogens is 256 g/mol. The van der Waals surface area contributed by atoms with Gasteiger partial charge in [-0.25, -0.2) is 0 Å². The molecule has 0 aliphatic carbocycles. The molecule has 0 aliphatic heterocycles. The van der Waals surface area contributed by atoms with Crippen molar-refractivity contribution in [3.8, 4) is 0 Å². The highest BCUT2D eigenvalue weighted by Crippen LogP contribution is 2.17. The van der Waals surface area contributed by atoms with Gasteiger partial charge in [0.1, 0.15) is 12.2 Å². The second kappa shape index (κ2) is 5.97. The van der Waals surface area contributed by atoms with Crippen LogP contribution >= 0.6 is 0 Å². The van der Waals surface area contributed by atoms with Gasteiger partial charge in [0.15, 0.2) is 0 Å². The molecule has 0 bridgehead atoms. The highest BCUT2D eigenvalue weighted by molar-refractivity contribution is 6.06. The molecule has 5 heteroatoms. The normalized spacial score (nSPS) is 10.1. The highest BCUT2D eigenvalue weighted by Gasteiger charge is 2.21. The van der Waals surface area contributed by atoms with Crippen LogP contribution in [0.2, 0.25) is 0 Å². The summed E-state index contributed by atoms with van der Waals surface area (Å²) in [5.74, 6) is -1.51. The van der Waals surface area contributed by atoms with Gasteiger partial charge in [0, 0.05) is 11.9 Å². The summed E-state index contributed by atoms with van der Waals surface area (Å²) in [6.07, 6.45) is 1.50. The zero-order chi connectivity index (χ0) is 14.5. The maximum atomic E-state index is 12.4. The minimum Gasteiger partial charge on any atom is -0.480 e.